The summed E-state index contributed by atoms with van der Waals surface area (Å²) in [4.78, 5) is 4.20. The van der Waals surface area contributed by atoms with Gasteiger partial charge in [-0.25, -0.2) is 8.42 Å². The van der Waals surface area contributed by atoms with Crippen LogP contribution < -0.4 is 10.6 Å². The van der Waals surface area contributed by atoms with Crippen molar-refractivity contribution in [2.24, 2.45) is 4.99 Å². The zero-order chi connectivity index (χ0) is 17.1. The molecule has 0 spiro atoms. The Hall–Kier alpha value is -1.08. The van der Waals surface area contributed by atoms with E-state index in [4.69, 9.17) is 0 Å². The SMILES string of the molecule is CN=C(NCC(C)(C)c1ccc(Br)cc1)NC1CCS(=O)(=O)C1. The molecule has 7 heteroatoms. The molecule has 0 saturated carbocycles. The van der Waals surface area contributed by atoms with Crippen LogP contribution in [-0.4, -0.2) is 45.5 Å². The third kappa shape index (κ3) is 5.21. The molecule has 0 aliphatic carbocycles. The van der Waals surface area contributed by atoms with E-state index in [1.54, 1.807) is 7.05 Å². The van der Waals surface area contributed by atoms with Crippen LogP contribution in [0, 0.1) is 0 Å². The fourth-order valence-corrected chi connectivity index (χ4v) is 4.54. The van der Waals surface area contributed by atoms with Gasteiger partial charge in [-0.3, -0.25) is 4.99 Å². The minimum Gasteiger partial charge on any atom is -0.356 e. The van der Waals surface area contributed by atoms with E-state index in [2.05, 4.69) is 57.5 Å². The molecule has 1 heterocycles. The van der Waals surface area contributed by atoms with Crippen LogP contribution in [0.15, 0.2) is 33.7 Å². The highest BCUT2D eigenvalue weighted by Gasteiger charge is 2.29. The van der Waals surface area contributed by atoms with Gasteiger partial charge in [0, 0.05) is 29.5 Å². The van der Waals surface area contributed by atoms with Crippen LogP contribution in [0.1, 0.15) is 25.8 Å². The van der Waals surface area contributed by atoms with Crippen molar-refractivity contribution in [3.05, 3.63) is 34.3 Å². The molecule has 1 saturated heterocycles. The Bertz CT molecular complexity index is 669. The molecular formula is C16H24BrN3O2S. The largest absolute Gasteiger partial charge is 0.356 e. The molecular weight excluding hydrogens is 378 g/mol. The summed E-state index contributed by atoms with van der Waals surface area (Å²) in [6, 6.07) is 8.22. The van der Waals surface area contributed by atoms with Gasteiger partial charge in [0.15, 0.2) is 15.8 Å². The topological polar surface area (TPSA) is 70.6 Å². The third-order valence-corrected chi connectivity index (χ3v) is 6.42. The predicted molar refractivity (Wildman–Crippen MR) is 98.7 cm³/mol. The second-order valence-electron chi connectivity index (χ2n) is 6.56. The Labute approximate surface area is 147 Å². The Balaban J connectivity index is 1.93. The average Bonchev–Trinajstić information content (AvgIpc) is 2.83. The van der Waals surface area contributed by atoms with Crippen LogP contribution in [-0.2, 0) is 15.3 Å². The second-order valence-corrected chi connectivity index (χ2v) is 9.71. The van der Waals surface area contributed by atoms with Crippen LogP contribution in [0.3, 0.4) is 0 Å². The summed E-state index contributed by atoms with van der Waals surface area (Å²) in [7, 11) is -1.19. The number of hydrogen-bond acceptors (Lipinski definition) is 3. The lowest BCUT2D eigenvalue weighted by atomic mass is 9.85. The minimum absolute atomic E-state index is 0.0537. The van der Waals surface area contributed by atoms with Crippen LogP contribution >= 0.6 is 15.9 Å². The number of halogens is 1. The summed E-state index contributed by atoms with van der Waals surface area (Å²) in [5, 5.41) is 6.52. The number of nitrogens with one attached hydrogen (secondary N) is 2. The van der Waals surface area contributed by atoms with E-state index in [1.807, 2.05) is 12.1 Å². The molecule has 2 rings (SSSR count). The molecule has 23 heavy (non-hydrogen) atoms. The van der Waals surface area contributed by atoms with Crippen molar-refractivity contribution in [1.29, 1.82) is 0 Å². The molecule has 2 N–H and O–H groups in total. The summed E-state index contributed by atoms with van der Waals surface area (Å²) >= 11 is 3.45. The van der Waals surface area contributed by atoms with E-state index >= 15 is 0 Å². The average molecular weight is 402 g/mol. The first-order valence-electron chi connectivity index (χ1n) is 7.65. The first-order valence-corrected chi connectivity index (χ1v) is 10.3. The van der Waals surface area contributed by atoms with E-state index in [9.17, 15) is 8.42 Å². The molecule has 1 atom stereocenters. The van der Waals surface area contributed by atoms with Gasteiger partial charge >= 0.3 is 0 Å². The Morgan fingerprint density at radius 2 is 2.00 bits per heavy atom. The zero-order valence-corrected chi connectivity index (χ0v) is 16.2. The van der Waals surface area contributed by atoms with E-state index in [-0.39, 0.29) is 23.0 Å². The highest BCUT2D eigenvalue weighted by atomic mass is 79.9. The number of aliphatic imine (C=N–C) groups is 1. The van der Waals surface area contributed by atoms with Crippen molar-refractivity contribution < 1.29 is 8.42 Å². The van der Waals surface area contributed by atoms with Gasteiger partial charge < -0.3 is 10.6 Å². The van der Waals surface area contributed by atoms with E-state index in [0.717, 1.165) is 4.47 Å². The monoisotopic (exact) mass is 401 g/mol. The number of sulfone groups is 1. The Morgan fingerprint density at radius 3 is 2.52 bits per heavy atom. The maximum Gasteiger partial charge on any atom is 0.191 e. The van der Waals surface area contributed by atoms with Gasteiger partial charge in [0.2, 0.25) is 0 Å². The van der Waals surface area contributed by atoms with Crippen molar-refractivity contribution in [2.45, 2.75) is 31.7 Å². The van der Waals surface area contributed by atoms with Gasteiger partial charge in [-0.15, -0.1) is 0 Å². The number of rotatable bonds is 4. The highest BCUT2D eigenvalue weighted by Crippen LogP contribution is 2.24. The van der Waals surface area contributed by atoms with Crippen LogP contribution in [0.5, 0.6) is 0 Å². The summed E-state index contributed by atoms with van der Waals surface area (Å²) in [5.41, 5.74) is 1.16. The van der Waals surface area contributed by atoms with Gasteiger partial charge in [-0.05, 0) is 24.1 Å². The minimum atomic E-state index is -2.89. The van der Waals surface area contributed by atoms with Gasteiger partial charge in [0.25, 0.3) is 0 Å². The van der Waals surface area contributed by atoms with Crippen molar-refractivity contribution in [1.82, 2.24) is 10.6 Å². The Kier molecular flexibility index (Phi) is 5.73. The van der Waals surface area contributed by atoms with Crippen molar-refractivity contribution in [3.63, 3.8) is 0 Å². The molecule has 1 aliphatic rings. The van der Waals surface area contributed by atoms with Crippen LogP contribution in [0.2, 0.25) is 0 Å². The predicted octanol–water partition coefficient (Wildman–Crippen LogP) is 2.08. The summed E-state index contributed by atoms with van der Waals surface area (Å²) in [6.45, 7) is 5.03. The molecule has 1 aliphatic heterocycles. The van der Waals surface area contributed by atoms with Crippen LogP contribution in [0.25, 0.3) is 0 Å². The molecule has 1 aromatic rings. The zero-order valence-electron chi connectivity index (χ0n) is 13.8. The quantitative estimate of drug-likeness (QED) is 0.598. The van der Waals surface area contributed by atoms with Crippen molar-refractivity contribution >= 4 is 31.7 Å². The lowest BCUT2D eigenvalue weighted by Gasteiger charge is -2.27. The van der Waals surface area contributed by atoms with Crippen LogP contribution in [0.4, 0.5) is 0 Å². The molecule has 0 bridgehead atoms. The maximum absolute atomic E-state index is 11.5. The van der Waals surface area contributed by atoms with Gasteiger partial charge in [-0.1, -0.05) is 41.9 Å². The van der Waals surface area contributed by atoms with E-state index < -0.39 is 9.84 Å². The van der Waals surface area contributed by atoms with E-state index in [0.29, 0.717) is 18.9 Å². The highest BCUT2D eigenvalue weighted by molar-refractivity contribution is 9.10. The molecule has 1 fully saturated rings. The maximum atomic E-state index is 11.5. The summed E-state index contributed by atoms with van der Waals surface area (Å²) in [6.07, 6.45) is 0.638. The van der Waals surface area contributed by atoms with E-state index in [1.165, 1.54) is 5.56 Å². The van der Waals surface area contributed by atoms with Gasteiger partial charge in [0.05, 0.1) is 11.5 Å². The number of hydrogen-bond donors (Lipinski definition) is 2. The molecule has 1 aromatic carbocycles. The third-order valence-electron chi connectivity index (χ3n) is 4.12. The lowest BCUT2D eigenvalue weighted by Crippen LogP contribution is -2.47. The smallest absolute Gasteiger partial charge is 0.191 e. The molecule has 128 valence electrons. The Morgan fingerprint density at radius 1 is 1.35 bits per heavy atom. The normalized spacial score (nSPS) is 21.2. The van der Waals surface area contributed by atoms with Gasteiger partial charge in [0.1, 0.15) is 0 Å². The molecule has 1 unspecified atom stereocenters. The summed E-state index contributed by atoms with van der Waals surface area (Å²) in [5.74, 6) is 1.09. The lowest BCUT2D eigenvalue weighted by molar-refractivity contribution is 0.505. The standard InChI is InChI=1S/C16H24BrN3O2S/c1-16(2,12-4-6-13(17)7-5-12)11-19-15(18-3)20-14-8-9-23(21,22)10-14/h4-7,14H,8-11H2,1-3H3,(H2,18,19,20). The first kappa shape index (κ1) is 18.3. The second kappa shape index (κ2) is 7.21. The first-order chi connectivity index (χ1) is 10.7. The van der Waals surface area contributed by atoms with Crippen molar-refractivity contribution in [3.8, 4) is 0 Å². The number of guanidine groups is 1. The molecule has 0 radical (unpaired) electrons. The molecule has 5 nitrogen and oxygen atoms in total. The molecule has 0 aromatic heterocycles. The fourth-order valence-electron chi connectivity index (χ4n) is 2.60. The summed E-state index contributed by atoms with van der Waals surface area (Å²) < 4.78 is 24.1. The van der Waals surface area contributed by atoms with Gasteiger partial charge in [-0.2, -0.15) is 0 Å². The number of nitrogens with zero attached hydrogens (tertiary/aromatic N) is 1. The number of benzene rings is 1. The fraction of sp³-hybridized carbons (Fsp3) is 0.562. The molecule has 0 amide bonds. The van der Waals surface area contributed by atoms with Crippen molar-refractivity contribution in [2.75, 3.05) is 25.1 Å².